The van der Waals surface area contributed by atoms with E-state index < -0.39 is 13.0 Å². The van der Waals surface area contributed by atoms with Crippen LogP contribution in [0.5, 0.6) is 5.88 Å². The molecule has 1 aliphatic carbocycles. The van der Waals surface area contributed by atoms with E-state index in [0.29, 0.717) is 17.7 Å². The second-order valence-corrected chi connectivity index (χ2v) is 5.26. The average Bonchev–Trinajstić information content (AvgIpc) is 2.54. The fourth-order valence-electron chi connectivity index (χ4n) is 2.53. The minimum Gasteiger partial charge on any atom is -0.472 e. The maximum absolute atomic E-state index is 12.2. The quantitative estimate of drug-likeness (QED) is 0.784. The molecule has 1 saturated carbocycles. The number of hydrogen-bond acceptors (Lipinski definition) is 5. The molecule has 7 heteroatoms. The predicted octanol–water partition coefficient (Wildman–Crippen LogP) is 2.91. The summed E-state index contributed by atoms with van der Waals surface area (Å²) in [5.41, 5.74) is 0.387. The zero-order chi connectivity index (χ0) is 15.9. The molecule has 0 aliphatic heterocycles. The molecule has 1 aromatic heterocycles. The predicted molar refractivity (Wildman–Crippen MR) is 77.8 cm³/mol. The van der Waals surface area contributed by atoms with Crippen molar-refractivity contribution in [2.24, 2.45) is 0 Å². The number of aromatic nitrogens is 1. The van der Waals surface area contributed by atoms with Gasteiger partial charge in [-0.15, -0.1) is 0 Å². The minimum absolute atomic E-state index is 0.0824. The lowest BCUT2D eigenvalue weighted by Gasteiger charge is -2.28. The Kier molecular flexibility index (Phi) is 6.06. The van der Waals surface area contributed by atoms with Gasteiger partial charge in [0.2, 0.25) is 5.88 Å². The number of anilines is 1. The largest absolute Gasteiger partial charge is 0.472 e. The van der Waals surface area contributed by atoms with Crippen molar-refractivity contribution in [2.45, 2.75) is 44.3 Å². The number of methoxy groups -OCH3 is 1. The molecule has 1 N–H and O–H groups in total. The lowest BCUT2D eigenvalue weighted by molar-refractivity contribution is 0.0681. The van der Waals surface area contributed by atoms with Crippen molar-refractivity contribution in [3.63, 3.8) is 0 Å². The highest BCUT2D eigenvalue weighted by Gasteiger charge is 2.22. The standard InChI is InChI=1S/C15H20F2N2O3/c1-21-12-5-3-11(4-6-12)18-15-10(8-20)2-7-14(19-15)22-9-13(16)17/h2,7-8,11-13H,3-6,9H2,1H3,(H,18,19)/t11-,12-. The maximum atomic E-state index is 12.2. The van der Waals surface area contributed by atoms with E-state index in [9.17, 15) is 13.6 Å². The number of carbonyl (C=O) groups excluding carboxylic acids is 1. The minimum atomic E-state index is -2.56. The van der Waals surface area contributed by atoms with Crippen LogP contribution in [0.2, 0.25) is 0 Å². The third-order valence-electron chi connectivity index (χ3n) is 3.73. The summed E-state index contributed by atoms with van der Waals surface area (Å²) >= 11 is 0. The Morgan fingerprint density at radius 2 is 2.09 bits per heavy atom. The number of ether oxygens (including phenoxy) is 2. The summed E-state index contributed by atoms with van der Waals surface area (Å²) in [6.45, 7) is -0.716. The first-order chi connectivity index (χ1) is 10.6. The fraction of sp³-hybridized carbons (Fsp3) is 0.600. The summed E-state index contributed by atoms with van der Waals surface area (Å²) in [6.07, 6.45) is 2.08. The van der Waals surface area contributed by atoms with Crippen LogP contribution in [0.3, 0.4) is 0 Å². The number of carbonyl (C=O) groups is 1. The SMILES string of the molecule is CO[C@H]1CC[C@H](Nc2nc(OCC(F)F)ccc2C=O)CC1. The first kappa shape index (κ1) is 16.6. The Hall–Kier alpha value is -1.76. The van der Waals surface area contributed by atoms with Crippen molar-refractivity contribution in [3.05, 3.63) is 17.7 Å². The van der Waals surface area contributed by atoms with Gasteiger partial charge in [0.15, 0.2) is 12.9 Å². The van der Waals surface area contributed by atoms with Crippen molar-refractivity contribution in [2.75, 3.05) is 19.0 Å². The van der Waals surface area contributed by atoms with Gasteiger partial charge in [0.1, 0.15) is 5.82 Å². The summed E-state index contributed by atoms with van der Waals surface area (Å²) in [6, 6.07) is 3.12. The molecule has 0 amide bonds. The normalized spacial score (nSPS) is 21.6. The molecule has 0 saturated heterocycles. The molecule has 1 aliphatic rings. The molecule has 0 aromatic carbocycles. The number of nitrogens with zero attached hydrogens (tertiary/aromatic N) is 1. The number of nitrogens with one attached hydrogen (secondary N) is 1. The first-order valence-electron chi connectivity index (χ1n) is 7.29. The van der Waals surface area contributed by atoms with Crippen LogP contribution in [0.1, 0.15) is 36.0 Å². The van der Waals surface area contributed by atoms with Gasteiger partial charge in [-0.05, 0) is 31.7 Å². The zero-order valence-corrected chi connectivity index (χ0v) is 12.4. The van der Waals surface area contributed by atoms with Crippen molar-refractivity contribution < 1.29 is 23.0 Å². The third-order valence-corrected chi connectivity index (χ3v) is 3.73. The van der Waals surface area contributed by atoms with Gasteiger partial charge in [-0.2, -0.15) is 4.98 Å². The smallest absolute Gasteiger partial charge is 0.272 e. The fourth-order valence-corrected chi connectivity index (χ4v) is 2.53. The monoisotopic (exact) mass is 314 g/mol. The van der Waals surface area contributed by atoms with Crippen molar-refractivity contribution in [1.82, 2.24) is 4.98 Å². The highest BCUT2D eigenvalue weighted by Crippen LogP contribution is 2.25. The van der Waals surface area contributed by atoms with Crippen LogP contribution in [0.4, 0.5) is 14.6 Å². The Balaban J connectivity index is 2.01. The van der Waals surface area contributed by atoms with Gasteiger partial charge in [-0.25, -0.2) is 8.78 Å². The molecule has 2 rings (SSSR count). The van der Waals surface area contributed by atoms with E-state index in [0.717, 1.165) is 25.7 Å². The molecule has 5 nitrogen and oxygen atoms in total. The molecular weight excluding hydrogens is 294 g/mol. The number of pyridine rings is 1. The molecule has 122 valence electrons. The van der Waals surface area contributed by atoms with Crippen LogP contribution in [0.15, 0.2) is 12.1 Å². The number of rotatable bonds is 7. The Morgan fingerprint density at radius 1 is 1.36 bits per heavy atom. The van der Waals surface area contributed by atoms with Crippen LogP contribution in [-0.4, -0.2) is 43.6 Å². The third kappa shape index (κ3) is 4.62. The summed E-state index contributed by atoms with van der Waals surface area (Å²) in [5, 5.41) is 3.21. The van der Waals surface area contributed by atoms with Crippen LogP contribution >= 0.6 is 0 Å². The second-order valence-electron chi connectivity index (χ2n) is 5.26. The molecule has 0 spiro atoms. The molecule has 0 bridgehead atoms. The van der Waals surface area contributed by atoms with E-state index in [1.54, 1.807) is 7.11 Å². The summed E-state index contributed by atoms with van der Waals surface area (Å²) in [5.74, 6) is 0.460. The summed E-state index contributed by atoms with van der Waals surface area (Å²) < 4.78 is 34.6. The van der Waals surface area contributed by atoms with Gasteiger partial charge in [0, 0.05) is 19.2 Å². The van der Waals surface area contributed by atoms with E-state index in [2.05, 4.69) is 10.3 Å². The van der Waals surface area contributed by atoms with Crippen LogP contribution in [0.25, 0.3) is 0 Å². The van der Waals surface area contributed by atoms with Gasteiger partial charge < -0.3 is 14.8 Å². The van der Waals surface area contributed by atoms with Gasteiger partial charge in [0.25, 0.3) is 6.43 Å². The molecule has 1 fully saturated rings. The lowest BCUT2D eigenvalue weighted by Crippen LogP contribution is -2.30. The van der Waals surface area contributed by atoms with Gasteiger partial charge in [-0.3, -0.25) is 4.79 Å². The molecule has 0 atom stereocenters. The highest BCUT2D eigenvalue weighted by molar-refractivity contribution is 5.82. The van der Waals surface area contributed by atoms with E-state index >= 15 is 0 Å². The number of alkyl halides is 2. The van der Waals surface area contributed by atoms with E-state index in [-0.39, 0.29) is 18.0 Å². The number of halogens is 2. The van der Waals surface area contributed by atoms with Crippen LogP contribution in [-0.2, 0) is 4.74 Å². The van der Waals surface area contributed by atoms with E-state index in [1.807, 2.05) is 0 Å². The van der Waals surface area contributed by atoms with Crippen molar-refractivity contribution in [3.8, 4) is 5.88 Å². The zero-order valence-electron chi connectivity index (χ0n) is 12.4. The summed E-state index contributed by atoms with van der Waals surface area (Å²) in [4.78, 5) is 15.2. The summed E-state index contributed by atoms with van der Waals surface area (Å²) in [7, 11) is 1.70. The van der Waals surface area contributed by atoms with E-state index in [1.165, 1.54) is 12.1 Å². The number of aldehydes is 1. The first-order valence-corrected chi connectivity index (χ1v) is 7.29. The topological polar surface area (TPSA) is 60.4 Å². The molecular formula is C15H20F2N2O3. The molecule has 0 radical (unpaired) electrons. The Bertz CT molecular complexity index is 492. The molecule has 0 unspecified atom stereocenters. The maximum Gasteiger partial charge on any atom is 0.272 e. The Labute approximate surface area is 128 Å². The van der Waals surface area contributed by atoms with Crippen molar-refractivity contribution in [1.29, 1.82) is 0 Å². The molecule has 22 heavy (non-hydrogen) atoms. The molecule has 1 heterocycles. The molecule has 1 aromatic rings. The van der Waals surface area contributed by atoms with Gasteiger partial charge in [0.05, 0.1) is 11.7 Å². The second kappa shape index (κ2) is 8.03. The van der Waals surface area contributed by atoms with Gasteiger partial charge >= 0.3 is 0 Å². The Morgan fingerprint density at radius 3 is 2.68 bits per heavy atom. The average molecular weight is 314 g/mol. The number of hydrogen-bond donors (Lipinski definition) is 1. The van der Waals surface area contributed by atoms with Gasteiger partial charge in [-0.1, -0.05) is 0 Å². The van der Waals surface area contributed by atoms with Crippen LogP contribution < -0.4 is 10.1 Å². The van der Waals surface area contributed by atoms with E-state index in [4.69, 9.17) is 9.47 Å². The van der Waals surface area contributed by atoms with Crippen molar-refractivity contribution >= 4 is 12.1 Å². The lowest BCUT2D eigenvalue weighted by atomic mass is 9.93. The highest BCUT2D eigenvalue weighted by atomic mass is 19.3. The van der Waals surface area contributed by atoms with Crippen LogP contribution in [0, 0.1) is 0 Å².